The molecule has 0 aliphatic rings. The number of aromatic nitrogens is 2. The minimum Gasteiger partial charge on any atom is -0.393 e. The van der Waals surface area contributed by atoms with E-state index in [1.807, 2.05) is 0 Å². The highest BCUT2D eigenvalue weighted by atomic mass is 19.1. The molecule has 0 bridgehead atoms. The first-order chi connectivity index (χ1) is 12.9. The van der Waals surface area contributed by atoms with Crippen LogP contribution in [0.3, 0.4) is 0 Å². The molecule has 1 amide bonds. The van der Waals surface area contributed by atoms with E-state index < -0.39 is 23.4 Å². The topological polar surface area (TPSA) is 105 Å². The molecule has 0 saturated carbocycles. The molecular weight excluding hydrogens is 361 g/mol. The molecule has 5 N–H and O–H groups in total. The van der Waals surface area contributed by atoms with E-state index >= 15 is 0 Å². The maximum Gasteiger partial charge on any atom is 0.269 e. The number of hydrogen-bond donors (Lipinski definition) is 4. The monoisotopic (exact) mass is 374 g/mol. The van der Waals surface area contributed by atoms with Crippen molar-refractivity contribution in [2.24, 2.45) is 0 Å². The zero-order chi connectivity index (χ0) is 19.4. The quantitative estimate of drug-likeness (QED) is 0.512. The smallest absolute Gasteiger partial charge is 0.269 e. The van der Waals surface area contributed by atoms with Gasteiger partial charge in [0.05, 0.1) is 5.69 Å². The van der Waals surface area contributed by atoms with Crippen molar-refractivity contribution in [2.75, 3.05) is 16.5 Å². The fourth-order valence-corrected chi connectivity index (χ4v) is 2.11. The molecule has 1 aromatic heterocycles. The first-order valence-electron chi connectivity index (χ1n) is 7.58. The van der Waals surface area contributed by atoms with Gasteiger partial charge in [0.15, 0.2) is 11.6 Å². The Morgan fingerprint density at radius 3 is 2.33 bits per heavy atom. The van der Waals surface area contributed by atoms with Gasteiger partial charge in [-0.25, -0.2) is 23.1 Å². The summed E-state index contributed by atoms with van der Waals surface area (Å²) in [5.41, 5.74) is 10.7. The van der Waals surface area contributed by atoms with Crippen molar-refractivity contribution in [1.29, 1.82) is 0 Å². The Kier molecular flexibility index (Phi) is 5.06. The first-order valence-corrected chi connectivity index (χ1v) is 7.58. The van der Waals surface area contributed by atoms with Crippen molar-refractivity contribution in [3.05, 3.63) is 71.8 Å². The fourth-order valence-electron chi connectivity index (χ4n) is 2.11. The van der Waals surface area contributed by atoms with Crippen molar-refractivity contribution in [3.63, 3.8) is 0 Å². The lowest BCUT2D eigenvalue weighted by molar-refractivity contribution is 0.0962. The maximum absolute atomic E-state index is 13.7. The van der Waals surface area contributed by atoms with Gasteiger partial charge >= 0.3 is 0 Å². The molecular formula is C17H13F3N6O. The summed E-state index contributed by atoms with van der Waals surface area (Å²) in [6.07, 6.45) is 1.11. The van der Waals surface area contributed by atoms with Gasteiger partial charge in [-0.1, -0.05) is 0 Å². The number of anilines is 4. The SMILES string of the molecule is Nc1c(NNC(=O)c2ccc(F)cc2)ncnc1Nc1cc(F)ccc1F. The third-order valence-corrected chi connectivity index (χ3v) is 3.47. The predicted octanol–water partition coefficient (Wildman–Crippen LogP) is 2.98. The number of nitrogens with one attached hydrogen (secondary N) is 3. The molecule has 3 rings (SSSR count). The predicted molar refractivity (Wildman–Crippen MR) is 93.6 cm³/mol. The summed E-state index contributed by atoms with van der Waals surface area (Å²) in [5.74, 6) is -2.34. The summed E-state index contributed by atoms with van der Waals surface area (Å²) in [7, 11) is 0. The van der Waals surface area contributed by atoms with Gasteiger partial charge < -0.3 is 11.1 Å². The molecule has 0 fully saturated rings. The van der Waals surface area contributed by atoms with Crippen molar-refractivity contribution in [3.8, 4) is 0 Å². The fraction of sp³-hybridized carbons (Fsp3) is 0. The number of amides is 1. The molecule has 1 heterocycles. The molecule has 138 valence electrons. The van der Waals surface area contributed by atoms with E-state index in [4.69, 9.17) is 5.73 Å². The average Bonchev–Trinajstić information content (AvgIpc) is 2.65. The summed E-state index contributed by atoms with van der Waals surface area (Å²) in [5, 5.41) is 2.56. The van der Waals surface area contributed by atoms with E-state index in [1.165, 1.54) is 12.1 Å². The van der Waals surface area contributed by atoms with Crippen LogP contribution < -0.4 is 21.9 Å². The van der Waals surface area contributed by atoms with Gasteiger partial charge in [0.1, 0.15) is 29.5 Å². The van der Waals surface area contributed by atoms with Crippen LogP contribution in [-0.2, 0) is 0 Å². The summed E-state index contributed by atoms with van der Waals surface area (Å²) < 4.78 is 39.9. The van der Waals surface area contributed by atoms with Crippen LogP contribution in [0.25, 0.3) is 0 Å². The highest BCUT2D eigenvalue weighted by Crippen LogP contribution is 2.27. The molecule has 0 unspecified atom stereocenters. The summed E-state index contributed by atoms with van der Waals surface area (Å²) in [6.45, 7) is 0. The molecule has 27 heavy (non-hydrogen) atoms. The van der Waals surface area contributed by atoms with Crippen molar-refractivity contribution in [1.82, 2.24) is 15.4 Å². The van der Waals surface area contributed by atoms with E-state index in [0.29, 0.717) is 0 Å². The summed E-state index contributed by atoms with van der Waals surface area (Å²) in [4.78, 5) is 19.8. The lowest BCUT2D eigenvalue weighted by Crippen LogP contribution is -2.30. The van der Waals surface area contributed by atoms with Crippen molar-refractivity contribution >= 4 is 28.9 Å². The average molecular weight is 374 g/mol. The highest BCUT2D eigenvalue weighted by Gasteiger charge is 2.12. The third kappa shape index (κ3) is 4.24. The van der Waals surface area contributed by atoms with Gasteiger partial charge in [-0.05, 0) is 36.4 Å². The van der Waals surface area contributed by atoms with Crippen LogP contribution in [0.15, 0.2) is 48.8 Å². The first kappa shape index (κ1) is 18.0. The standard InChI is InChI=1S/C17H13F3N6O/c18-10-3-1-9(2-4-10)17(27)26-25-16-14(21)15(22-8-23-16)24-13-7-11(19)5-6-12(13)20/h1-8H,21H2,(H,26,27)(H2,22,23,24,25). The van der Waals surface area contributed by atoms with Crippen LogP contribution in [0, 0.1) is 17.5 Å². The summed E-state index contributed by atoms with van der Waals surface area (Å²) >= 11 is 0. The summed E-state index contributed by atoms with van der Waals surface area (Å²) in [6, 6.07) is 7.76. The number of nitrogens with two attached hydrogens (primary N) is 1. The second-order valence-corrected chi connectivity index (χ2v) is 5.32. The maximum atomic E-state index is 13.7. The van der Waals surface area contributed by atoms with Gasteiger partial charge in [0.25, 0.3) is 5.91 Å². The van der Waals surface area contributed by atoms with Gasteiger partial charge in [-0.2, -0.15) is 0 Å². The minimum atomic E-state index is -0.700. The molecule has 0 atom stereocenters. The van der Waals surface area contributed by atoms with Gasteiger partial charge in [0.2, 0.25) is 0 Å². The highest BCUT2D eigenvalue weighted by molar-refractivity contribution is 5.95. The van der Waals surface area contributed by atoms with Gasteiger partial charge in [0, 0.05) is 11.6 Å². The van der Waals surface area contributed by atoms with E-state index in [-0.39, 0.29) is 28.6 Å². The van der Waals surface area contributed by atoms with E-state index in [2.05, 4.69) is 26.1 Å². The van der Waals surface area contributed by atoms with Gasteiger partial charge in [-0.15, -0.1) is 0 Å². The third-order valence-electron chi connectivity index (χ3n) is 3.47. The number of hydrogen-bond acceptors (Lipinski definition) is 6. The molecule has 0 spiro atoms. The second kappa shape index (κ2) is 7.60. The van der Waals surface area contributed by atoms with Crippen LogP contribution >= 0.6 is 0 Å². The Morgan fingerprint density at radius 1 is 0.926 bits per heavy atom. The molecule has 0 aliphatic heterocycles. The number of nitrogen functional groups attached to an aromatic ring is 1. The molecule has 2 aromatic carbocycles. The van der Waals surface area contributed by atoms with Crippen LogP contribution in [0.1, 0.15) is 10.4 Å². The Hall–Kier alpha value is -3.82. The largest absolute Gasteiger partial charge is 0.393 e. The Morgan fingerprint density at radius 2 is 1.59 bits per heavy atom. The minimum absolute atomic E-state index is 0.00744. The molecule has 0 radical (unpaired) electrons. The lowest BCUT2D eigenvalue weighted by atomic mass is 10.2. The van der Waals surface area contributed by atoms with Crippen molar-refractivity contribution < 1.29 is 18.0 Å². The molecule has 3 aromatic rings. The molecule has 0 aliphatic carbocycles. The number of rotatable bonds is 5. The number of halogens is 3. The number of nitrogens with zero attached hydrogens (tertiary/aromatic N) is 2. The van der Waals surface area contributed by atoms with Crippen molar-refractivity contribution in [2.45, 2.75) is 0 Å². The van der Waals surface area contributed by atoms with E-state index in [1.54, 1.807) is 0 Å². The van der Waals surface area contributed by atoms with E-state index in [9.17, 15) is 18.0 Å². The van der Waals surface area contributed by atoms with Crippen LogP contribution in [-0.4, -0.2) is 15.9 Å². The number of hydrazine groups is 1. The Balaban J connectivity index is 1.74. The normalized spacial score (nSPS) is 10.3. The second-order valence-electron chi connectivity index (χ2n) is 5.32. The lowest BCUT2D eigenvalue weighted by Gasteiger charge is -2.13. The molecule has 10 heteroatoms. The molecule has 7 nitrogen and oxygen atoms in total. The Labute approximate surface area is 151 Å². The van der Waals surface area contributed by atoms with Gasteiger partial charge in [-0.3, -0.25) is 15.6 Å². The van der Waals surface area contributed by atoms with Crippen LogP contribution in [0.4, 0.5) is 36.2 Å². The zero-order valence-corrected chi connectivity index (χ0v) is 13.6. The number of carbonyl (C=O) groups is 1. The Bertz CT molecular complexity index is 981. The van der Waals surface area contributed by atoms with E-state index in [0.717, 1.165) is 36.7 Å². The number of carbonyl (C=O) groups excluding carboxylic acids is 1. The van der Waals surface area contributed by atoms with Crippen LogP contribution in [0.2, 0.25) is 0 Å². The molecule has 0 saturated heterocycles. The number of benzene rings is 2. The van der Waals surface area contributed by atoms with Crippen LogP contribution in [0.5, 0.6) is 0 Å². The zero-order valence-electron chi connectivity index (χ0n) is 13.6.